The van der Waals surface area contributed by atoms with Gasteiger partial charge in [0.15, 0.2) is 0 Å². The van der Waals surface area contributed by atoms with Crippen LogP contribution >= 0.6 is 0 Å². The number of alkyl halides is 3. The fourth-order valence-electron chi connectivity index (χ4n) is 3.13. The van der Waals surface area contributed by atoms with Gasteiger partial charge in [-0.05, 0) is 30.2 Å². The first-order valence-corrected chi connectivity index (χ1v) is 8.62. The Bertz CT molecular complexity index is 910. The zero-order valence-electron chi connectivity index (χ0n) is 15.0. The van der Waals surface area contributed by atoms with Crippen LogP contribution in [0.15, 0.2) is 59.7 Å². The van der Waals surface area contributed by atoms with Crippen LogP contribution in [0.5, 0.6) is 0 Å². The molecule has 0 radical (unpaired) electrons. The minimum absolute atomic E-state index is 0.203. The van der Waals surface area contributed by atoms with Gasteiger partial charge in [-0.3, -0.25) is 9.59 Å². The summed E-state index contributed by atoms with van der Waals surface area (Å²) < 4.78 is 38.5. The van der Waals surface area contributed by atoms with Crippen LogP contribution in [0.3, 0.4) is 0 Å². The van der Waals surface area contributed by atoms with Crippen molar-refractivity contribution in [1.82, 2.24) is 10.7 Å². The summed E-state index contributed by atoms with van der Waals surface area (Å²) in [7, 11) is 0. The summed E-state index contributed by atoms with van der Waals surface area (Å²) in [4.78, 5) is 24.7. The van der Waals surface area contributed by atoms with Crippen molar-refractivity contribution >= 4 is 17.5 Å². The second-order valence-corrected chi connectivity index (χ2v) is 6.49. The van der Waals surface area contributed by atoms with Crippen LogP contribution in [-0.2, 0) is 15.8 Å². The molecule has 1 saturated heterocycles. The molecule has 8 heteroatoms. The van der Waals surface area contributed by atoms with E-state index in [4.69, 9.17) is 0 Å². The molecule has 0 bridgehead atoms. The lowest BCUT2D eigenvalue weighted by atomic mass is 9.88. The molecule has 0 aromatic heterocycles. The van der Waals surface area contributed by atoms with Crippen molar-refractivity contribution in [2.45, 2.75) is 19.0 Å². The molecule has 2 unspecified atom stereocenters. The Hall–Kier alpha value is -3.16. The predicted octanol–water partition coefficient (Wildman–Crippen LogP) is 3.08. The number of nitrogens with zero attached hydrogens (tertiary/aromatic N) is 1. The lowest BCUT2D eigenvalue weighted by molar-refractivity contribution is -0.137. The molecule has 0 aliphatic carbocycles. The maximum absolute atomic E-state index is 12.8. The first kappa shape index (κ1) is 19.6. The van der Waals surface area contributed by atoms with E-state index in [2.05, 4.69) is 15.8 Å². The molecule has 5 nitrogen and oxygen atoms in total. The molecule has 1 aliphatic rings. The van der Waals surface area contributed by atoms with Crippen molar-refractivity contribution in [1.29, 1.82) is 0 Å². The van der Waals surface area contributed by atoms with Gasteiger partial charge in [-0.1, -0.05) is 42.5 Å². The van der Waals surface area contributed by atoms with Crippen molar-refractivity contribution in [2.24, 2.45) is 11.0 Å². The third-order valence-electron chi connectivity index (χ3n) is 4.63. The smallest absolute Gasteiger partial charge is 0.355 e. The topological polar surface area (TPSA) is 70.6 Å². The number of hydrazone groups is 1. The maximum Gasteiger partial charge on any atom is 0.416 e. The van der Waals surface area contributed by atoms with E-state index in [9.17, 15) is 22.8 Å². The Kier molecular flexibility index (Phi) is 5.48. The SMILES string of the molecule is C/C(=N/NC(=O)C1C(=O)NCC1c1ccccc1)c1cccc(C(F)(F)F)c1. The van der Waals surface area contributed by atoms with Crippen molar-refractivity contribution in [3.8, 4) is 0 Å². The van der Waals surface area contributed by atoms with Crippen LogP contribution < -0.4 is 10.7 Å². The van der Waals surface area contributed by atoms with Gasteiger partial charge in [0, 0.05) is 12.5 Å². The maximum atomic E-state index is 12.8. The Balaban J connectivity index is 1.76. The highest BCUT2D eigenvalue weighted by Crippen LogP contribution is 2.30. The molecule has 1 fully saturated rings. The number of amides is 2. The number of halogens is 3. The van der Waals surface area contributed by atoms with Gasteiger partial charge >= 0.3 is 6.18 Å². The van der Waals surface area contributed by atoms with Crippen LogP contribution in [0, 0.1) is 5.92 Å². The number of hydrogen-bond donors (Lipinski definition) is 2. The number of hydrogen-bond acceptors (Lipinski definition) is 3. The summed E-state index contributed by atoms with van der Waals surface area (Å²) in [5, 5.41) is 6.56. The van der Waals surface area contributed by atoms with Gasteiger partial charge in [-0.15, -0.1) is 0 Å². The third-order valence-corrected chi connectivity index (χ3v) is 4.63. The number of rotatable bonds is 4. The molecule has 28 heavy (non-hydrogen) atoms. The Labute approximate surface area is 159 Å². The van der Waals surface area contributed by atoms with Gasteiger partial charge in [0.1, 0.15) is 5.92 Å². The molecule has 0 spiro atoms. The number of nitrogens with one attached hydrogen (secondary N) is 2. The fourth-order valence-corrected chi connectivity index (χ4v) is 3.13. The molecule has 2 amide bonds. The fraction of sp³-hybridized carbons (Fsp3) is 0.250. The highest BCUT2D eigenvalue weighted by molar-refractivity contribution is 6.04. The van der Waals surface area contributed by atoms with E-state index in [-0.39, 0.29) is 17.2 Å². The largest absolute Gasteiger partial charge is 0.416 e. The zero-order chi connectivity index (χ0) is 20.3. The molecule has 3 rings (SSSR count). The molecule has 2 aromatic rings. The molecular weight excluding hydrogens is 371 g/mol. The molecular formula is C20H18F3N3O2. The highest BCUT2D eigenvalue weighted by Gasteiger charge is 2.41. The average Bonchev–Trinajstić information content (AvgIpc) is 3.07. The van der Waals surface area contributed by atoms with Gasteiger partial charge < -0.3 is 5.32 Å². The summed E-state index contributed by atoms with van der Waals surface area (Å²) in [6, 6.07) is 13.8. The van der Waals surface area contributed by atoms with Crippen LogP contribution in [0.1, 0.15) is 29.5 Å². The number of benzene rings is 2. The van der Waals surface area contributed by atoms with Gasteiger partial charge in [0.2, 0.25) is 5.91 Å². The summed E-state index contributed by atoms with van der Waals surface area (Å²) in [5.74, 6) is -2.30. The quantitative estimate of drug-likeness (QED) is 0.479. The summed E-state index contributed by atoms with van der Waals surface area (Å²) in [5.41, 5.74) is 2.79. The molecule has 146 valence electrons. The second-order valence-electron chi connectivity index (χ2n) is 6.49. The van der Waals surface area contributed by atoms with Crippen LogP contribution in [0.25, 0.3) is 0 Å². The van der Waals surface area contributed by atoms with E-state index < -0.39 is 29.5 Å². The standard InChI is InChI=1S/C20H18F3N3O2/c1-12(14-8-5-9-15(10-14)20(21,22)23)25-26-19(28)17-16(11-24-18(17)27)13-6-3-2-4-7-13/h2-10,16-17H,11H2,1H3,(H,24,27)(H,26,28)/b25-12-. The lowest BCUT2D eigenvalue weighted by Crippen LogP contribution is -2.35. The van der Waals surface area contributed by atoms with Crippen molar-refractivity contribution in [3.63, 3.8) is 0 Å². The Morgan fingerprint density at radius 1 is 1.14 bits per heavy atom. The van der Waals surface area contributed by atoms with Crippen LogP contribution in [0.2, 0.25) is 0 Å². The van der Waals surface area contributed by atoms with E-state index >= 15 is 0 Å². The van der Waals surface area contributed by atoms with Gasteiger partial charge in [-0.25, -0.2) is 5.43 Å². The van der Waals surface area contributed by atoms with Crippen LogP contribution in [0.4, 0.5) is 13.2 Å². The summed E-state index contributed by atoms with van der Waals surface area (Å²) in [6.45, 7) is 1.82. The average molecular weight is 389 g/mol. The highest BCUT2D eigenvalue weighted by atomic mass is 19.4. The molecule has 2 N–H and O–H groups in total. The zero-order valence-corrected chi connectivity index (χ0v) is 15.0. The molecule has 2 aromatic carbocycles. The van der Waals surface area contributed by atoms with E-state index in [0.29, 0.717) is 6.54 Å². The summed E-state index contributed by atoms with van der Waals surface area (Å²) >= 11 is 0. The van der Waals surface area contributed by atoms with Crippen molar-refractivity contribution in [3.05, 3.63) is 71.3 Å². The Morgan fingerprint density at radius 2 is 1.86 bits per heavy atom. The normalized spacial score (nSPS) is 20.0. The van der Waals surface area contributed by atoms with E-state index in [1.807, 2.05) is 30.3 Å². The molecule has 1 aliphatic heterocycles. The second kappa shape index (κ2) is 7.84. The summed E-state index contributed by atoms with van der Waals surface area (Å²) in [6.07, 6.45) is -4.47. The lowest BCUT2D eigenvalue weighted by Gasteiger charge is -2.15. The number of carbonyl (C=O) groups excluding carboxylic acids is 2. The minimum Gasteiger partial charge on any atom is -0.355 e. The van der Waals surface area contributed by atoms with Gasteiger partial charge in [-0.2, -0.15) is 18.3 Å². The first-order valence-electron chi connectivity index (χ1n) is 8.62. The van der Waals surface area contributed by atoms with Crippen molar-refractivity contribution in [2.75, 3.05) is 6.54 Å². The monoisotopic (exact) mass is 389 g/mol. The molecule has 2 atom stereocenters. The number of carbonyl (C=O) groups is 2. The Morgan fingerprint density at radius 3 is 2.54 bits per heavy atom. The van der Waals surface area contributed by atoms with Gasteiger partial charge in [0.25, 0.3) is 5.91 Å². The van der Waals surface area contributed by atoms with Crippen molar-refractivity contribution < 1.29 is 22.8 Å². The molecule has 1 heterocycles. The van der Waals surface area contributed by atoms with Gasteiger partial charge in [0.05, 0.1) is 11.3 Å². The minimum atomic E-state index is -4.47. The van der Waals surface area contributed by atoms with Crippen LogP contribution in [-0.4, -0.2) is 24.1 Å². The van der Waals surface area contributed by atoms with E-state index in [1.165, 1.54) is 19.1 Å². The third kappa shape index (κ3) is 4.21. The first-order chi connectivity index (χ1) is 13.3. The predicted molar refractivity (Wildman–Crippen MR) is 97.5 cm³/mol. The molecule has 0 saturated carbocycles. The van der Waals surface area contributed by atoms with E-state index in [1.54, 1.807) is 0 Å². The van der Waals surface area contributed by atoms with E-state index in [0.717, 1.165) is 17.7 Å².